The number of hydrogen-bond donors (Lipinski definition) is 1. The minimum Gasteiger partial charge on any atom is -0.322 e. The first-order valence-corrected chi connectivity index (χ1v) is 6.47. The number of pyridine rings is 1. The molecule has 0 amide bonds. The van der Waals surface area contributed by atoms with Crippen molar-refractivity contribution in [1.82, 2.24) is 4.98 Å². The van der Waals surface area contributed by atoms with E-state index in [1.54, 1.807) is 13.0 Å². The fourth-order valence-corrected chi connectivity index (χ4v) is 1.99. The molecule has 1 unspecified atom stereocenters. The summed E-state index contributed by atoms with van der Waals surface area (Å²) in [5.41, 5.74) is 6.19. The zero-order chi connectivity index (χ0) is 12.2. The van der Waals surface area contributed by atoms with Gasteiger partial charge >= 0.3 is 0 Å². The van der Waals surface area contributed by atoms with Gasteiger partial charge in [-0.3, -0.25) is 4.98 Å². The van der Waals surface area contributed by atoms with E-state index < -0.39 is 15.9 Å². The average Bonchev–Trinajstić information content (AvgIpc) is 2.29. The Bertz CT molecular complexity index is 493. The van der Waals surface area contributed by atoms with E-state index in [1.165, 1.54) is 12.3 Å². The van der Waals surface area contributed by atoms with Crippen LogP contribution in [0.5, 0.6) is 0 Å². The third-order valence-corrected chi connectivity index (χ3v) is 3.91. The van der Waals surface area contributed by atoms with E-state index in [9.17, 15) is 8.42 Å². The predicted molar refractivity (Wildman–Crippen MR) is 66.4 cm³/mol. The summed E-state index contributed by atoms with van der Waals surface area (Å²) in [6.07, 6.45) is 1.44. The Kier molecular flexibility index (Phi) is 6.10. The van der Waals surface area contributed by atoms with E-state index in [2.05, 4.69) is 4.98 Å². The maximum Gasteiger partial charge on any atom is 0.179 e. The van der Waals surface area contributed by atoms with Crippen LogP contribution in [-0.4, -0.2) is 19.2 Å². The fourth-order valence-electron chi connectivity index (χ4n) is 1.16. The van der Waals surface area contributed by atoms with Crippen molar-refractivity contribution in [1.29, 1.82) is 5.26 Å². The lowest BCUT2D eigenvalue weighted by atomic mass is 10.1. The lowest BCUT2D eigenvalue weighted by Crippen LogP contribution is -2.12. The Labute approximate surface area is 107 Å². The standard InChI is InChI=1S/C10H13N3O2S.ClH/c1-2-16(14,15)8-3-4-10(13-7-8)9(12)5-6-11;/h3-4,7,9H,2,5,12H2,1H3;1H. The summed E-state index contributed by atoms with van der Waals surface area (Å²) in [7, 11) is -3.22. The molecule has 1 aromatic heterocycles. The number of nitrogens with zero attached hydrogens (tertiary/aromatic N) is 2. The molecule has 0 aliphatic rings. The van der Waals surface area contributed by atoms with Crippen molar-refractivity contribution < 1.29 is 8.42 Å². The van der Waals surface area contributed by atoms with Crippen LogP contribution in [0, 0.1) is 11.3 Å². The summed E-state index contributed by atoms with van der Waals surface area (Å²) in [5, 5.41) is 8.47. The summed E-state index contributed by atoms with van der Waals surface area (Å²) in [4.78, 5) is 4.14. The summed E-state index contributed by atoms with van der Waals surface area (Å²) in [6, 6.07) is 4.49. The molecule has 0 aliphatic heterocycles. The maximum absolute atomic E-state index is 11.5. The van der Waals surface area contributed by atoms with Crippen LogP contribution in [0.15, 0.2) is 23.2 Å². The van der Waals surface area contributed by atoms with E-state index in [-0.39, 0.29) is 29.5 Å². The smallest absolute Gasteiger partial charge is 0.179 e. The van der Waals surface area contributed by atoms with Crippen molar-refractivity contribution in [2.45, 2.75) is 24.3 Å². The van der Waals surface area contributed by atoms with Crippen LogP contribution in [0.4, 0.5) is 0 Å². The minimum absolute atomic E-state index is 0. The van der Waals surface area contributed by atoms with Gasteiger partial charge in [-0.2, -0.15) is 5.26 Å². The van der Waals surface area contributed by atoms with Crippen molar-refractivity contribution in [2.75, 3.05) is 5.75 Å². The molecule has 94 valence electrons. The van der Waals surface area contributed by atoms with E-state index in [1.807, 2.05) is 6.07 Å². The van der Waals surface area contributed by atoms with Crippen LogP contribution in [-0.2, 0) is 9.84 Å². The Hall–Kier alpha value is -1.16. The molecule has 0 spiro atoms. The van der Waals surface area contributed by atoms with E-state index in [0.29, 0.717) is 5.69 Å². The molecule has 7 heteroatoms. The molecular weight excluding hydrogens is 262 g/mol. The molecule has 2 N–H and O–H groups in total. The SMILES string of the molecule is CCS(=O)(=O)c1ccc(C(N)CC#N)nc1.Cl. The average molecular weight is 276 g/mol. The Balaban J connectivity index is 0.00000256. The maximum atomic E-state index is 11.5. The van der Waals surface area contributed by atoms with E-state index in [0.717, 1.165) is 0 Å². The molecule has 17 heavy (non-hydrogen) atoms. The molecule has 0 aliphatic carbocycles. The fraction of sp³-hybridized carbons (Fsp3) is 0.400. The second kappa shape index (κ2) is 6.55. The minimum atomic E-state index is -3.22. The highest BCUT2D eigenvalue weighted by Crippen LogP contribution is 2.14. The van der Waals surface area contributed by atoms with Crippen molar-refractivity contribution >= 4 is 22.2 Å². The Morgan fingerprint density at radius 2 is 2.18 bits per heavy atom. The normalized spacial score (nSPS) is 12.3. The van der Waals surface area contributed by atoms with Crippen LogP contribution >= 0.6 is 12.4 Å². The first-order chi connectivity index (χ1) is 7.51. The number of nitrogens with two attached hydrogens (primary N) is 1. The second-order valence-corrected chi connectivity index (χ2v) is 5.57. The molecule has 5 nitrogen and oxygen atoms in total. The zero-order valence-electron chi connectivity index (χ0n) is 9.33. The molecule has 0 saturated carbocycles. The van der Waals surface area contributed by atoms with Gasteiger partial charge in [0.1, 0.15) is 0 Å². The van der Waals surface area contributed by atoms with Crippen LogP contribution in [0.2, 0.25) is 0 Å². The van der Waals surface area contributed by atoms with Gasteiger partial charge in [-0.25, -0.2) is 8.42 Å². The van der Waals surface area contributed by atoms with Crippen molar-refractivity contribution in [3.05, 3.63) is 24.0 Å². The Morgan fingerprint density at radius 1 is 1.53 bits per heavy atom. The molecule has 1 rings (SSSR count). The highest BCUT2D eigenvalue weighted by molar-refractivity contribution is 7.91. The lowest BCUT2D eigenvalue weighted by Gasteiger charge is -2.07. The largest absolute Gasteiger partial charge is 0.322 e. The van der Waals surface area contributed by atoms with Crippen LogP contribution in [0.3, 0.4) is 0 Å². The van der Waals surface area contributed by atoms with Crippen LogP contribution < -0.4 is 5.73 Å². The number of rotatable bonds is 4. The first kappa shape index (κ1) is 15.8. The van der Waals surface area contributed by atoms with E-state index in [4.69, 9.17) is 11.0 Å². The molecule has 0 bridgehead atoms. The number of hydrogen-bond acceptors (Lipinski definition) is 5. The van der Waals surface area contributed by atoms with Gasteiger partial charge in [0, 0.05) is 6.20 Å². The lowest BCUT2D eigenvalue weighted by molar-refractivity contribution is 0.596. The molecule has 1 aromatic rings. The summed E-state index contributed by atoms with van der Waals surface area (Å²) in [5.74, 6) is 0.0400. The van der Waals surface area contributed by atoms with Gasteiger partial charge in [-0.05, 0) is 12.1 Å². The molecule has 0 saturated heterocycles. The summed E-state index contributed by atoms with van der Waals surface area (Å²) < 4.78 is 23.0. The molecule has 0 fully saturated rings. The molecule has 1 heterocycles. The zero-order valence-corrected chi connectivity index (χ0v) is 11.0. The predicted octanol–water partition coefficient (Wildman–Crippen LogP) is 1.21. The van der Waals surface area contributed by atoms with Gasteiger partial charge in [0.25, 0.3) is 0 Å². The third kappa shape index (κ3) is 3.97. The van der Waals surface area contributed by atoms with Crippen molar-refractivity contribution in [3.63, 3.8) is 0 Å². The van der Waals surface area contributed by atoms with Gasteiger partial charge in [-0.1, -0.05) is 6.92 Å². The van der Waals surface area contributed by atoms with Gasteiger partial charge in [0.15, 0.2) is 9.84 Å². The Morgan fingerprint density at radius 3 is 2.59 bits per heavy atom. The van der Waals surface area contributed by atoms with Crippen molar-refractivity contribution in [2.24, 2.45) is 5.73 Å². The molecule has 0 aromatic carbocycles. The van der Waals surface area contributed by atoms with Crippen LogP contribution in [0.25, 0.3) is 0 Å². The first-order valence-electron chi connectivity index (χ1n) is 4.82. The molecule has 0 radical (unpaired) electrons. The number of aromatic nitrogens is 1. The number of nitriles is 1. The highest BCUT2D eigenvalue weighted by atomic mass is 35.5. The molecular formula is C10H14ClN3O2S. The highest BCUT2D eigenvalue weighted by Gasteiger charge is 2.13. The van der Waals surface area contributed by atoms with Gasteiger partial charge in [-0.15, -0.1) is 12.4 Å². The second-order valence-electron chi connectivity index (χ2n) is 3.29. The third-order valence-electron chi connectivity index (χ3n) is 2.19. The topological polar surface area (TPSA) is 96.8 Å². The van der Waals surface area contributed by atoms with Gasteiger partial charge in [0.05, 0.1) is 34.9 Å². The number of halogens is 1. The van der Waals surface area contributed by atoms with Crippen molar-refractivity contribution in [3.8, 4) is 6.07 Å². The van der Waals surface area contributed by atoms with Gasteiger partial charge < -0.3 is 5.73 Å². The monoisotopic (exact) mass is 275 g/mol. The van der Waals surface area contributed by atoms with E-state index >= 15 is 0 Å². The summed E-state index contributed by atoms with van der Waals surface area (Å²) >= 11 is 0. The number of sulfone groups is 1. The molecule has 1 atom stereocenters. The summed E-state index contributed by atoms with van der Waals surface area (Å²) in [6.45, 7) is 1.57. The van der Waals surface area contributed by atoms with Crippen LogP contribution in [0.1, 0.15) is 25.1 Å². The quantitative estimate of drug-likeness (QED) is 0.891. The van der Waals surface area contributed by atoms with Gasteiger partial charge in [0.2, 0.25) is 0 Å².